The molecule has 1 aromatic carbocycles. The maximum absolute atomic E-state index is 11.2. The van der Waals surface area contributed by atoms with Crippen molar-refractivity contribution < 1.29 is 9.53 Å². The molecule has 0 radical (unpaired) electrons. The van der Waals surface area contributed by atoms with Crippen LogP contribution in [0.4, 0.5) is 0 Å². The molecular weight excluding hydrogens is 214 g/mol. The molecule has 76 valence electrons. The number of pyridine rings is 1. The smallest absolute Gasteiger partial charge is 0.253 e. The lowest BCUT2D eigenvalue weighted by Crippen LogP contribution is -1.94. The Morgan fingerprint density at radius 3 is 2.87 bits per heavy atom. The fraction of sp³-hybridized carbons (Fsp3) is 0.0909. The van der Waals surface area contributed by atoms with E-state index in [2.05, 4.69) is 4.98 Å². The van der Waals surface area contributed by atoms with Crippen LogP contribution in [-0.4, -0.2) is 17.3 Å². The van der Waals surface area contributed by atoms with E-state index in [1.54, 1.807) is 37.6 Å². The zero-order chi connectivity index (χ0) is 10.8. The molecule has 1 heterocycles. The molecule has 2 rings (SSSR count). The van der Waals surface area contributed by atoms with Crippen LogP contribution in [0.15, 0.2) is 30.5 Å². The van der Waals surface area contributed by atoms with Gasteiger partial charge in [-0.15, -0.1) is 0 Å². The van der Waals surface area contributed by atoms with Gasteiger partial charge in [0.2, 0.25) is 0 Å². The van der Waals surface area contributed by atoms with Crippen molar-refractivity contribution in [2.24, 2.45) is 0 Å². The highest BCUT2D eigenvalue weighted by Gasteiger charge is 2.10. The van der Waals surface area contributed by atoms with Gasteiger partial charge in [0.15, 0.2) is 0 Å². The highest BCUT2D eigenvalue weighted by molar-refractivity contribution is 6.68. The van der Waals surface area contributed by atoms with Crippen molar-refractivity contribution in [1.29, 1.82) is 0 Å². The number of benzene rings is 1. The van der Waals surface area contributed by atoms with Gasteiger partial charge in [-0.3, -0.25) is 9.78 Å². The molecular formula is C11H8ClNO2. The first-order valence-electron chi connectivity index (χ1n) is 4.35. The molecule has 0 saturated carbocycles. The summed E-state index contributed by atoms with van der Waals surface area (Å²) in [5, 5.41) is 0.215. The molecule has 0 aliphatic carbocycles. The Morgan fingerprint density at radius 2 is 2.20 bits per heavy atom. The van der Waals surface area contributed by atoms with E-state index in [1.807, 2.05) is 0 Å². The predicted octanol–water partition coefficient (Wildman–Crippen LogP) is 2.62. The van der Waals surface area contributed by atoms with Crippen molar-refractivity contribution >= 4 is 27.7 Å². The number of nitrogens with zero attached hydrogens (tertiary/aromatic N) is 1. The van der Waals surface area contributed by atoms with Gasteiger partial charge in [0.25, 0.3) is 5.24 Å². The number of ether oxygens (including phenoxy) is 1. The van der Waals surface area contributed by atoms with Gasteiger partial charge in [-0.25, -0.2) is 0 Å². The van der Waals surface area contributed by atoms with Crippen LogP contribution < -0.4 is 4.74 Å². The second kappa shape index (κ2) is 3.87. The highest BCUT2D eigenvalue weighted by Crippen LogP contribution is 2.27. The Kier molecular flexibility index (Phi) is 2.56. The van der Waals surface area contributed by atoms with E-state index in [4.69, 9.17) is 16.3 Å². The lowest BCUT2D eigenvalue weighted by molar-refractivity contribution is 0.108. The Balaban J connectivity index is 2.83. The second-order valence-electron chi connectivity index (χ2n) is 2.99. The van der Waals surface area contributed by atoms with Gasteiger partial charge < -0.3 is 4.74 Å². The Morgan fingerprint density at radius 1 is 1.40 bits per heavy atom. The lowest BCUT2D eigenvalue weighted by atomic mass is 10.1. The van der Waals surface area contributed by atoms with Gasteiger partial charge in [0.1, 0.15) is 11.3 Å². The van der Waals surface area contributed by atoms with E-state index in [-0.39, 0.29) is 0 Å². The van der Waals surface area contributed by atoms with Crippen LogP contribution in [0.3, 0.4) is 0 Å². The summed E-state index contributed by atoms with van der Waals surface area (Å²) in [6, 6.07) is 6.87. The summed E-state index contributed by atoms with van der Waals surface area (Å²) in [6.07, 6.45) is 1.65. The first-order chi connectivity index (χ1) is 7.24. The number of carbonyl (C=O) groups is 1. The van der Waals surface area contributed by atoms with Crippen molar-refractivity contribution in [3.63, 3.8) is 0 Å². The van der Waals surface area contributed by atoms with Crippen molar-refractivity contribution in [2.45, 2.75) is 0 Å². The van der Waals surface area contributed by atoms with E-state index < -0.39 is 5.24 Å². The van der Waals surface area contributed by atoms with Crippen molar-refractivity contribution in [2.75, 3.05) is 7.11 Å². The standard InChI is InChI=1S/C11H8ClNO2/c1-15-9-5-4-8(11(12)14)7-3-2-6-13-10(7)9/h2-6H,1H3. The average molecular weight is 222 g/mol. The summed E-state index contributed by atoms with van der Waals surface area (Å²) in [4.78, 5) is 15.3. The maximum Gasteiger partial charge on any atom is 0.253 e. The van der Waals surface area contributed by atoms with E-state index in [0.29, 0.717) is 22.2 Å². The summed E-state index contributed by atoms with van der Waals surface area (Å²) < 4.78 is 5.15. The Bertz CT molecular complexity index is 525. The molecule has 0 aliphatic rings. The normalized spacial score (nSPS) is 10.3. The fourth-order valence-corrected chi connectivity index (χ4v) is 1.65. The number of halogens is 1. The highest BCUT2D eigenvalue weighted by atomic mass is 35.5. The molecule has 0 N–H and O–H groups in total. The van der Waals surface area contributed by atoms with Crippen LogP contribution in [0.2, 0.25) is 0 Å². The number of hydrogen-bond donors (Lipinski definition) is 0. The largest absolute Gasteiger partial charge is 0.494 e. The van der Waals surface area contributed by atoms with E-state index in [9.17, 15) is 4.79 Å². The molecule has 0 fully saturated rings. The van der Waals surface area contributed by atoms with Crippen LogP contribution >= 0.6 is 11.6 Å². The number of methoxy groups -OCH3 is 1. The molecule has 0 spiro atoms. The van der Waals surface area contributed by atoms with Gasteiger partial charge in [0, 0.05) is 17.1 Å². The number of fused-ring (bicyclic) bond motifs is 1. The van der Waals surface area contributed by atoms with Crippen LogP contribution in [0.25, 0.3) is 10.9 Å². The number of aromatic nitrogens is 1. The third-order valence-electron chi connectivity index (χ3n) is 2.16. The molecule has 2 aromatic rings. The number of hydrogen-bond acceptors (Lipinski definition) is 3. The topological polar surface area (TPSA) is 39.2 Å². The van der Waals surface area contributed by atoms with Gasteiger partial charge in [-0.05, 0) is 29.8 Å². The first kappa shape index (κ1) is 9.93. The van der Waals surface area contributed by atoms with Crippen molar-refractivity contribution in [3.8, 4) is 5.75 Å². The summed E-state index contributed by atoms with van der Waals surface area (Å²) >= 11 is 5.47. The third kappa shape index (κ3) is 1.66. The van der Waals surface area contributed by atoms with Crippen molar-refractivity contribution in [1.82, 2.24) is 4.98 Å². The van der Waals surface area contributed by atoms with Gasteiger partial charge >= 0.3 is 0 Å². The summed E-state index contributed by atoms with van der Waals surface area (Å²) in [5.74, 6) is 0.632. The van der Waals surface area contributed by atoms with Crippen LogP contribution in [0.1, 0.15) is 10.4 Å². The number of rotatable bonds is 2. The minimum Gasteiger partial charge on any atom is -0.494 e. The quantitative estimate of drug-likeness (QED) is 0.732. The average Bonchev–Trinajstić information content (AvgIpc) is 2.27. The molecule has 0 amide bonds. The monoisotopic (exact) mass is 221 g/mol. The minimum absolute atomic E-state index is 0.445. The lowest BCUT2D eigenvalue weighted by Gasteiger charge is -2.06. The molecule has 0 bridgehead atoms. The van der Waals surface area contributed by atoms with Crippen LogP contribution in [-0.2, 0) is 0 Å². The Hall–Kier alpha value is -1.61. The SMILES string of the molecule is COc1ccc(C(=O)Cl)c2cccnc12. The summed E-state index contributed by atoms with van der Waals surface area (Å²) in [6.45, 7) is 0. The fourth-order valence-electron chi connectivity index (χ4n) is 1.48. The van der Waals surface area contributed by atoms with Gasteiger partial charge in [-0.1, -0.05) is 6.07 Å². The molecule has 0 unspecified atom stereocenters. The third-order valence-corrected chi connectivity index (χ3v) is 2.37. The molecule has 4 heteroatoms. The molecule has 1 aromatic heterocycles. The van der Waals surface area contributed by atoms with E-state index in [1.165, 1.54) is 0 Å². The Labute approximate surface area is 91.6 Å². The summed E-state index contributed by atoms with van der Waals surface area (Å²) in [7, 11) is 1.56. The molecule has 0 aliphatic heterocycles. The first-order valence-corrected chi connectivity index (χ1v) is 4.73. The number of carbonyl (C=O) groups excluding carboxylic acids is 1. The van der Waals surface area contributed by atoms with E-state index in [0.717, 1.165) is 0 Å². The zero-order valence-electron chi connectivity index (χ0n) is 8.03. The molecule has 3 nitrogen and oxygen atoms in total. The maximum atomic E-state index is 11.2. The van der Waals surface area contributed by atoms with E-state index >= 15 is 0 Å². The van der Waals surface area contributed by atoms with Crippen molar-refractivity contribution in [3.05, 3.63) is 36.0 Å². The van der Waals surface area contributed by atoms with Gasteiger partial charge in [0.05, 0.1) is 7.11 Å². The van der Waals surface area contributed by atoms with Gasteiger partial charge in [-0.2, -0.15) is 0 Å². The van der Waals surface area contributed by atoms with Crippen LogP contribution in [0, 0.1) is 0 Å². The predicted molar refractivity (Wildman–Crippen MR) is 58.5 cm³/mol. The van der Waals surface area contributed by atoms with Crippen LogP contribution in [0.5, 0.6) is 5.75 Å². The molecule has 15 heavy (non-hydrogen) atoms. The molecule has 0 atom stereocenters. The zero-order valence-corrected chi connectivity index (χ0v) is 8.78. The minimum atomic E-state index is -0.490. The molecule has 0 saturated heterocycles. The second-order valence-corrected chi connectivity index (χ2v) is 3.33. The summed E-state index contributed by atoms with van der Waals surface area (Å²) in [5.41, 5.74) is 1.09.